The number of carbonyl (C=O) groups excluding carboxylic acids is 1. The summed E-state index contributed by atoms with van der Waals surface area (Å²) in [4.78, 5) is 11.6. The van der Waals surface area contributed by atoms with Crippen LogP contribution in [-0.2, 0) is 4.79 Å². The smallest absolute Gasteiger partial charge is 0.233 e. The van der Waals surface area contributed by atoms with Crippen molar-refractivity contribution < 1.29 is 10.0 Å². The highest BCUT2D eigenvalue weighted by atomic mass is 16.4. The van der Waals surface area contributed by atoms with Crippen molar-refractivity contribution in [3.8, 4) is 0 Å². The third-order valence-corrected chi connectivity index (χ3v) is 2.13. The van der Waals surface area contributed by atoms with E-state index >= 15 is 0 Å². The van der Waals surface area contributed by atoms with Crippen LogP contribution in [0.25, 0.3) is 0 Å². The summed E-state index contributed by atoms with van der Waals surface area (Å²) in [6.07, 6.45) is 1.95. The lowest BCUT2D eigenvalue weighted by atomic mass is 9.91. The monoisotopic (exact) mass is 201 g/mol. The highest BCUT2D eigenvalue weighted by molar-refractivity contribution is 6.05. The van der Waals surface area contributed by atoms with Crippen LogP contribution in [0.4, 0.5) is 0 Å². The highest BCUT2D eigenvalue weighted by Gasteiger charge is 2.32. The number of oxime groups is 1. The van der Waals surface area contributed by atoms with E-state index in [1.807, 2.05) is 6.92 Å². The number of carbonyl (C=O) groups is 1. The zero-order chi connectivity index (χ0) is 11.2. The molecule has 82 valence electrons. The fourth-order valence-electron chi connectivity index (χ4n) is 0.841. The Balaban J connectivity index is 4.22. The van der Waals surface area contributed by atoms with E-state index in [0.29, 0.717) is 6.54 Å². The Bertz CT molecular complexity index is 224. The molecule has 0 radical (unpaired) electrons. The second-order valence-corrected chi connectivity index (χ2v) is 3.72. The Labute approximate surface area is 84.4 Å². The Kier molecular flexibility index (Phi) is 4.97. The van der Waals surface area contributed by atoms with Gasteiger partial charge in [-0.2, -0.15) is 0 Å². The highest BCUT2D eigenvalue weighted by Crippen LogP contribution is 2.14. The summed E-state index contributed by atoms with van der Waals surface area (Å²) in [5, 5.41) is 14.0. The van der Waals surface area contributed by atoms with Gasteiger partial charge in [0.05, 0.1) is 0 Å². The standard InChI is InChI=1S/C9H19N3O2/c1-4-5-6-11-8(13)9(2,3)7(10)12-14/h14H,4-6H2,1-3H3,(H2,10,12)(H,11,13). The molecule has 0 spiro atoms. The molecule has 0 aliphatic carbocycles. The van der Waals surface area contributed by atoms with E-state index in [2.05, 4.69) is 10.5 Å². The van der Waals surface area contributed by atoms with Crippen LogP contribution in [0.15, 0.2) is 5.16 Å². The lowest BCUT2D eigenvalue weighted by molar-refractivity contribution is -0.126. The van der Waals surface area contributed by atoms with Crippen molar-refractivity contribution >= 4 is 11.7 Å². The van der Waals surface area contributed by atoms with E-state index in [1.54, 1.807) is 13.8 Å². The van der Waals surface area contributed by atoms with Gasteiger partial charge in [0.1, 0.15) is 5.41 Å². The number of nitrogens with zero attached hydrogens (tertiary/aromatic N) is 1. The van der Waals surface area contributed by atoms with Crippen LogP contribution in [0.3, 0.4) is 0 Å². The average Bonchev–Trinajstić information content (AvgIpc) is 2.16. The van der Waals surface area contributed by atoms with Gasteiger partial charge in [-0.3, -0.25) is 4.79 Å². The molecule has 5 nitrogen and oxygen atoms in total. The largest absolute Gasteiger partial charge is 0.409 e. The van der Waals surface area contributed by atoms with E-state index in [9.17, 15) is 4.79 Å². The second-order valence-electron chi connectivity index (χ2n) is 3.72. The first-order chi connectivity index (χ1) is 6.46. The molecule has 0 aromatic carbocycles. The maximum Gasteiger partial charge on any atom is 0.233 e. The summed E-state index contributed by atoms with van der Waals surface area (Å²) in [7, 11) is 0. The molecule has 0 heterocycles. The lowest BCUT2D eigenvalue weighted by Gasteiger charge is -2.21. The predicted molar refractivity (Wildman–Crippen MR) is 55.1 cm³/mol. The normalized spacial score (nSPS) is 12.6. The summed E-state index contributed by atoms with van der Waals surface area (Å²) in [6.45, 7) is 5.89. The molecule has 0 aliphatic rings. The van der Waals surface area contributed by atoms with Crippen LogP contribution < -0.4 is 11.1 Å². The van der Waals surface area contributed by atoms with Gasteiger partial charge in [-0.05, 0) is 20.3 Å². The molecular formula is C9H19N3O2. The van der Waals surface area contributed by atoms with Crippen LogP contribution in [0.5, 0.6) is 0 Å². The van der Waals surface area contributed by atoms with Gasteiger partial charge in [0.2, 0.25) is 5.91 Å². The van der Waals surface area contributed by atoms with Gasteiger partial charge in [0.15, 0.2) is 5.84 Å². The van der Waals surface area contributed by atoms with E-state index < -0.39 is 5.41 Å². The lowest BCUT2D eigenvalue weighted by Crippen LogP contribution is -2.46. The minimum absolute atomic E-state index is 0.0773. The molecule has 0 aliphatic heterocycles. The zero-order valence-electron chi connectivity index (χ0n) is 9.00. The SMILES string of the molecule is CCCCNC(=O)C(C)(C)C(N)=NO. The van der Waals surface area contributed by atoms with Gasteiger partial charge in [0.25, 0.3) is 0 Å². The van der Waals surface area contributed by atoms with E-state index in [1.165, 1.54) is 0 Å². The van der Waals surface area contributed by atoms with Crippen molar-refractivity contribution in [1.29, 1.82) is 0 Å². The van der Waals surface area contributed by atoms with Gasteiger partial charge in [-0.25, -0.2) is 0 Å². The Hall–Kier alpha value is -1.26. The van der Waals surface area contributed by atoms with Crippen LogP contribution in [0.1, 0.15) is 33.6 Å². The molecule has 0 saturated carbocycles. The van der Waals surface area contributed by atoms with Crippen molar-refractivity contribution in [3.05, 3.63) is 0 Å². The number of nitrogens with one attached hydrogen (secondary N) is 1. The number of nitrogens with two attached hydrogens (primary N) is 1. The minimum Gasteiger partial charge on any atom is -0.409 e. The maximum absolute atomic E-state index is 11.6. The van der Waals surface area contributed by atoms with Gasteiger partial charge in [0, 0.05) is 6.54 Å². The van der Waals surface area contributed by atoms with E-state index in [0.717, 1.165) is 12.8 Å². The molecule has 0 unspecified atom stereocenters. The topological polar surface area (TPSA) is 87.7 Å². The van der Waals surface area contributed by atoms with Crippen molar-refractivity contribution in [1.82, 2.24) is 5.32 Å². The minimum atomic E-state index is -0.956. The molecule has 0 saturated heterocycles. The van der Waals surface area contributed by atoms with Crippen molar-refractivity contribution in [2.75, 3.05) is 6.54 Å². The van der Waals surface area contributed by atoms with Gasteiger partial charge < -0.3 is 16.3 Å². The van der Waals surface area contributed by atoms with Crippen LogP contribution in [0.2, 0.25) is 0 Å². The first-order valence-corrected chi connectivity index (χ1v) is 4.73. The molecule has 0 rings (SSSR count). The van der Waals surface area contributed by atoms with Crippen LogP contribution in [0, 0.1) is 5.41 Å². The number of hydrogen-bond acceptors (Lipinski definition) is 3. The molecule has 1 amide bonds. The molecule has 5 heteroatoms. The summed E-state index contributed by atoms with van der Waals surface area (Å²) in [5.41, 5.74) is 4.44. The molecule has 14 heavy (non-hydrogen) atoms. The van der Waals surface area contributed by atoms with Crippen LogP contribution in [-0.4, -0.2) is 23.5 Å². The fraction of sp³-hybridized carbons (Fsp3) is 0.778. The Morgan fingerprint density at radius 1 is 1.57 bits per heavy atom. The first kappa shape index (κ1) is 12.7. The van der Waals surface area contributed by atoms with Crippen LogP contribution >= 0.6 is 0 Å². The molecule has 0 aromatic rings. The van der Waals surface area contributed by atoms with Crippen molar-refractivity contribution in [2.24, 2.45) is 16.3 Å². The Morgan fingerprint density at radius 2 is 2.14 bits per heavy atom. The zero-order valence-corrected chi connectivity index (χ0v) is 9.00. The summed E-state index contributed by atoms with van der Waals surface area (Å²) in [6, 6.07) is 0. The number of amidine groups is 1. The quantitative estimate of drug-likeness (QED) is 0.201. The molecule has 0 bridgehead atoms. The van der Waals surface area contributed by atoms with Crippen molar-refractivity contribution in [2.45, 2.75) is 33.6 Å². The molecule has 4 N–H and O–H groups in total. The number of hydrogen-bond donors (Lipinski definition) is 3. The van der Waals surface area contributed by atoms with Crippen molar-refractivity contribution in [3.63, 3.8) is 0 Å². The molecule has 0 atom stereocenters. The summed E-state index contributed by atoms with van der Waals surface area (Å²) >= 11 is 0. The summed E-state index contributed by atoms with van der Waals surface area (Å²) < 4.78 is 0. The third kappa shape index (κ3) is 3.24. The number of amides is 1. The van der Waals surface area contributed by atoms with Gasteiger partial charge in [-0.1, -0.05) is 18.5 Å². The Morgan fingerprint density at radius 3 is 2.57 bits per heavy atom. The van der Waals surface area contributed by atoms with Gasteiger partial charge >= 0.3 is 0 Å². The fourth-order valence-corrected chi connectivity index (χ4v) is 0.841. The third-order valence-electron chi connectivity index (χ3n) is 2.13. The van der Waals surface area contributed by atoms with E-state index in [-0.39, 0.29) is 11.7 Å². The predicted octanol–water partition coefficient (Wildman–Crippen LogP) is 0.675. The van der Waals surface area contributed by atoms with E-state index in [4.69, 9.17) is 10.9 Å². The second kappa shape index (κ2) is 5.47. The molecular weight excluding hydrogens is 182 g/mol. The average molecular weight is 201 g/mol. The molecule has 0 fully saturated rings. The summed E-state index contributed by atoms with van der Waals surface area (Å²) in [5.74, 6) is -0.298. The maximum atomic E-state index is 11.6. The van der Waals surface area contributed by atoms with Gasteiger partial charge in [-0.15, -0.1) is 0 Å². The number of rotatable bonds is 5. The molecule has 0 aromatic heterocycles. The first-order valence-electron chi connectivity index (χ1n) is 4.73. The number of unbranched alkanes of at least 4 members (excludes halogenated alkanes) is 1.